The average Bonchev–Trinajstić information content (AvgIpc) is 2.72. The first-order chi connectivity index (χ1) is 7.72. The maximum absolute atomic E-state index is 13.6. The summed E-state index contributed by atoms with van der Waals surface area (Å²) in [6.45, 7) is 0.716. The first-order valence-corrected chi connectivity index (χ1v) is 5.23. The molecule has 0 aliphatic carbocycles. The maximum Gasteiger partial charge on any atom is 0.146 e. The molecule has 2 rings (SSSR count). The third-order valence-corrected chi connectivity index (χ3v) is 2.65. The van der Waals surface area contributed by atoms with Crippen LogP contribution in [0.4, 0.5) is 4.39 Å². The lowest BCUT2D eigenvalue weighted by Gasteiger charge is -2.08. The van der Waals surface area contributed by atoms with E-state index in [1.165, 1.54) is 6.07 Å². The van der Waals surface area contributed by atoms with Crippen molar-refractivity contribution in [3.05, 3.63) is 52.8 Å². The molecule has 0 bridgehead atoms. The zero-order chi connectivity index (χ0) is 11.5. The Labute approximate surface area is 97.7 Å². The van der Waals surface area contributed by atoms with Gasteiger partial charge in [-0.2, -0.15) is 0 Å². The van der Waals surface area contributed by atoms with Crippen LogP contribution in [-0.4, -0.2) is 9.55 Å². The molecule has 0 fully saturated rings. The summed E-state index contributed by atoms with van der Waals surface area (Å²) in [6.07, 6.45) is 3.41. The van der Waals surface area contributed by atoms with E-state index < -0.39 is 0 Å². The van der Waals surface area contributed by atoms with Gasteiger partial charge in [0, 0.05) is 18.0 Å². The van der Waals surface area contributed by atoms with Crippen molar-refractivity contribution in [1.82, 2.24) is 9.55 Å². The highest BCUT2D eigenvalue weighted by Crippen LogP contribution is 2.19. The molecular formula is C11H11ClFN3. The van der Waals surface area contributed by atoms with E-state index in [1.807, 2.05) is 0 Å². The van der Waals surface area contributed by atoms with Crippen molar-refractivity contribution in [2.24, 2.45) is 5.73 Å². The molecule has 0 atom stereocenters. The van der Waals surface area contributed by atoms with Crippen molar-refractivity contribution in [3.8, 4) is 0 Å². The number of nitrogens with two attached hydrogens (primary N) is 1. The van der Waals surface area contributed by atoms with Gasteiger partial charge in [-0.25, -0.2) is 9.37 Å². The lowest BCUT2D eigenvalue weighted by atomic mass is 10.2. The van der Waals surface area contributed by atoms with Gasteiger partial charge in [0.15, 0.2) is 0 Å². The van der Waals surface area contributed by atoms with Crippen LogP contribution in [0.25, 0.3) is 0 Å². The number of imidazole rings is 1. The van der Waals surface area contributed by atoms with Crippen LogP contribution < -0.4 is 5.73 Å². The standard InChI is InChI=1S/C11H11ClFN3/c12-9-3-1-2-8(11(9)13)7-16-5-4-15-10(16)6-14/h1-5H,6-7,14H2. The molecule has 0 saturated carbocycles. The minimum atomic E-state index is -0.388. The molecule has 1 aromatic heterocycles. The molecule has 0 aliphatic heterocycles. The SMILES string of the molecule is NCc1nccn1Cc1cccc(Cl)c1F. The van der Waals surface area contributed by atoms with Crippen LogP contribution in [-0.2, 0) is 13.1 Å². The van der Waals surface area contributed by atoms with Gasteiger partial charge < -0.3 is 10.3 Å². The van der Waals surface area contributed by atoms with E-state index in [0.717, 1.165) is 5.82 Å². The molecule has 0 spiro atoms. The fourth-order valence-electron chi connectivity index (χ4n) is 1.53. The quantitative estimate of drug-likeness (QED) is 0.892. The van der Waals surface area contributed by atoms with E-state index in [4.69, 9.17) is 17.3 Å². The second-order valence-electron chi connectivity index (χ2n) is 3.39. The molecule has 2 N–H and O–H groups in total. The number of rotatable bonds is 3. The second kappa shape index (κ2) is 4.63. The molecule has 84 valence electrons. The number of hydrogen-bond donors (Lipinski definition) is 1. The minimum Gasteiger partial charge on any atom is -0.329 e. The number of aromatic nitrogens is 2. The minimum absolute atomic E-state index is 0.131. The molecule has 16 heavy (non-hydrogen) atoms. The van der Waals surface area contributed by atoms with E-state index in [1.54, 1.807) is 29.1 Å². The Kier molecular flexibility index (Phi) is 3.22. The molecule has 2 aromatic rings. The van der Waals surface area contributed by atoms with Crippen LogP contribution in [0.3, 0.4) is 0 Å². The molecule has 5 heteroatoms. The zero-order valence-electron chi connectivity index (χ0n) is 8.53. The Bertz CT molecular complexity index is 496. The lowest BCUT2D eigenvalue weighted by molar-refractivity contribution is 0.594. The summed E-state index contributed by atoms with van der Waals surface area (Å²) in [5.74, 6) is 0.334. The van der Waals surface area contributed by atoms with Crippen molar-refractivity contribution in [2.75, 3.05) is 0 Å². The van der Waals surface area contributed by atoms with Gasteiger partial charge in [-0.15, -0.1) is 0 Å². The normalized spacial score (nSPS) is 10.7. The third kappa shape index (κ3) is 2.08. The van der Waals surface area contributed by atoms with E-state index in [0.29, 0.717) is 18.7 Å². The molecule has 0 unspecified atom stereocenters. The molecule has 1 aromatic carbocycles. The number of nitrogens with zero attached hydrogens (tertiary/aromatic N) is 2. The van der Waals surface area contributed by atoms with E-state index >= 15 is 0 Å². The Morgan fingerprint density at radius 1 is 1.44 bits per heavy atom. The summed E-state index contributed by atoms with van der Waals surface area (Å²) >= 11 is 5.70. The molecule has 3 nitrogen and oxygen atoms in total. The van der Waals surface area contributed by atoms with Crippen LogP contribution >= 0.6 is 11.6 Å². The molecule has 1 heterocycles. The smallest absolute Gasteiger partial charge is 0.146 e. The largest absolute Gasteiger partial charge is 0.329 e. The molecule has 0 aliphatic rings. The summed E-state index contributed by atoms with van der Waals surface area (Å²) in [5.41, 5.74) is 6.04. The van der Waals surface area contributed by atoms with Crippen LogP contribution in [0.5, 0.6) is 0 Å². The maximum atomic E-state index is 13.6. The van der Waals surface area contributed by atoms with E-state index in [9.17, 15) is 4.39 Å². The highest BCUT2D eigenvalue weighted by Gasteiger charge is 2.08. The number of halogens is 2. The number of hydrogen-bond acceptors (Lipinski definition) is 2. The van der Waals surface area contributed by atoms with Crippen LogP contribution in [0.15, 0.2) is 30.6 Å². The summed E-state index contributed by atoms with van der Waals surface area (Å²) in [4.78, 5) is 4.07. The van der Waals surface area contributed by atoms with Crippen molar-refractivity contribution in [2.45, 2.75) is 13.1 Å². The highest BCUT2D eigenvalue weighted by atomic mass is 35.5. The van der Waals surface area contributed by atoms with Crippen molar-refractivity contribution >= 4 is 11.6 Å². The highest BCUT2D eigenvalue weighted by molar-refractivity contribution is 6.30. The summed E-state index contributed by atoms with van der Waals surface area (Å²) < 4.78 is 15.4. The Balaban J connectivity index is 2.30. The summed E-state index contributed by atoms with van der Waals surface area (Å²) in [5, 5.41) is 0.131. The lowest BCUT2D eigenvalue weighted by Crippen LogP contribution is -2.09. The second-order valence-corrected chi connectivity index (χ2v) is 3.80. The molecule has 0 saturated heterocycles. The van der Waals surface area contributed by atoms with E-state index in [-0.39, 0.29) is 10.8 Å². The van der Waals surface area contributed by atoms with Gasteiger partial charge >= 0.3 is 0 Å². The van der Waals surface area contributed by atoms with Gasteiger partial charge in [0.25, 0.3) is 0 Å². The first-order valence-electron chi connectivity index (χ1n) is 4.85. The monoisotopic (exact) mass is 239 g/mol. The van der Waals surface area contributed by atoms with Gasteiger partial charge in [0.05, 0.1) is 18.1 Å². The predicted molar refractivity (Wildman–Crippen MR) is 60.6 cm³/mol. The van der Waals surface area contributed by atoms with Gasteiger partial charge in [-0.3, -0.25) is 0 Å². The third-order valence-electron chi connectivity index (χ3n) is 2.36. The Morgan fingerprint density at radius 2 is 2.25 bits per heavy atom. The molecule has 0 radical (unpaired) electrons. The Hall–Kier alpha value is -1.39. The topological polar surface area (TPSA) is 43.8 Å². The molecule has 0 amide bonds. The van der Waals surface area contributed by atoms with Crippen molar-refractivity contribution in [3.63, 3.8) is 0 Å². The first kappa shape index (κ1) is 11.1. The summed E-state index contributed by atoms with van der Waals surface area (Å²) in [6, 6.07) is 4.94. The van der Waals surface area contributed by atoms with Crippen LogP contribution in [0.2, 0.25) is 5.02 Å². The zero-order valence-corrected chi connectivity index (χ0v) is 9.28. The average molecular weight is 240 g/mol. The van der Waals surface area contributed by atoms with Crippen molar-refractivity contribution in [1.29, 1.82) is 0 Å². The molecular weight excluding hydrogens is 229 g/mol. The van der Waals surface area contributed by atoms with E-state index in [2.05, 4.69) is 4.98 Å². The predicted octanol–water partition coefficient (Wildman–Crippen LogP) is 2.18. The summed E-state index contributed by atoms with van der Waals surface area (Å²) in [7, 11) is 0. The van der Waals surface area contributed by atoms with Gasteiger partial charge in [-0.05, 0) is 6.07 Å². The number of benzene rings is 1. The van der Waals surface area contributed by atoms with Gasteiger partial charge in [0.1, 0.15) is 11.6 Å². The van der Waals surface area contributed by atoms with Crippen LogP contribution in [0, 0.1) is 5.82 Å². The van der Waals surface area contributed by atoms with Crippen LogP contribution in [0.1, 0.15) is 11.4 Å². The fraction of sp³-hybridized carbons (Fsp3) is 0.182. The van der Waals surface area contributed by atoms with Crippen molar-refractivity contribution < 1.29 is 4.39 Å². The van der Waals surface area contributed by atoms with Gasteiger partial charge in [-0.1, -0.05) is 23.7 Å². The Morgan fingerprint density at radius 3 is 3.00 bits per heavy atom. The van der Waals surface area contributed by atoms with Gasteiger partial charge in [0.2, 0.25) is 0 Å². The fourth-order valence-corrected chi connectivity index (χ4v) is 1.72.